The molecule has 10 atom stereocenters. The quantitative estimate of drug-likeness (QED) is 0.439. The van der Waals surface area contributed by atoms with E-state index in [-0.39, 0.29) is 11.5 Å². The summed E-state index contributed by atoms with van der Waals surface area (Å²) in [4.78, 5) is 0. The van der Waals surface area contributed by atoms with E-state index in [9.17, 15) is 5.11 Å². The van der Waals surface area contributed by atoms with Crippen molar-refractivity contribution in [1.82, 2.24) is 0 Å². The molecule has 0 spiro atoms. The van der Waals surface area contributed by atoms with Gasteiger partial charge in [-0.2, -0.15) is 0 Å². The molecule has 0 aromatic carbocycles. The minimum absolute atomic E-state index is 0.0697. The highest BCUT2D eigenvalue weighted by molar-refractivity contribution is 5.19. The summed E-state index contributed by atoms with van der Waals surface area (Å²) in [6, 6.07) is 0. The largest absolute Gasteiger partial charge is 0.393 e. The van der Waals surface area contributed by atoms with E-state index >= 15 is 0 Å². The van der Waals surface area contributed by atoms with E-state index in [0.29, 0.717) is 22.2 Å². The van der Waals surface area contributed by atoms with Gasteiger partial charge in [-0.05, 0) is 128 Å². The van der Waals surface area contributed by atoms with Crippen molar-refractivity contribution in [3.05, 3.63) is 12.2 Å². The van der Waals surface area contributed by atoms with Gasteiger partial charge in [0.2, 0.25) is 0 Å². The second-order valence-corrected chi connectivity index (χ2v) is 14.0. The molecule has 0 amide bonds. The summed E-state index contributed by atoms with van der Waals surface area (Å²) in [5.41, 5.74) is 2.90. The lowest BCUT2D eigenvalue weighted by Crippen LogP contribution is -2.65. The van der Waals surface area contributed by atoms with Crippen molar-refractivity contribution in [2.24, 2.45) is 57.2 Å². The number of rotatable bonds is 1. The fraction of sp³-hybridized carbons (Fsp3) is 0.931. The molecule has 0 aromatic rings. The third kappa shape index (κ3) is 2.51. The van der Waals surface area contributed by atoms with Crippen LogP contribution in [0.15, 0.2) is 12.2 Å². The molecule has 5 aliphatic carbocycles. The number of allylic oxidation sites excluding steroid dienone is 1. The van der Waals surface area contributed by atoms with E-state index in [1.807, 2.05) is 0 Å². The van der Waals surface area contributed by atoms with Gasteiger partial charge < -0.3 is 5.11 Å². The third-order valence-electron chi connectivity index (χ3n) is 12.9. The molecule has 1 N–H and O–H groups in total. The molecule has 5 aliphatic rings. The van der Waals surface area contributed by atoms with Crippen molar-refractivity contribution in [2.45, 2.75) is 112 Å². The Bertz CT molecular complexity index is 722. The second-order valence-electron chi connectivity index (χ2n) is 14.0. The van der Waals surface area contributed by atoms with Crippen molar-refractivity contribution in [2.75, 3.05) is 0 Å². The van der Waals surface area contributed by atoms with E-state index in [4.69, 9.17) is 0 Å². The minimum Gasteiger partial charge on any atom is -0.393 e. The van der Waals surface area contributed by atoms with Crippen LogP contribution in [-0.4, -0.2) is 11.2 Å². The molecule has 0 aliphatic heterocycles. The molecular weight excluding hydrogens is 364 g/mol. The summed E-state index contributed by atoms with van der Waals surface area (Å²) in [6.45, 7) is 19.6. The first-order chi connectivity index (χ1) is 14.0. The molecule has 0 heterocycles. The minimum atomic E-state index is -0.114. The van der Waals surface area contributed by atoms with Crippen LogP contribution < -0.4 is 0 Å². The highest BCUT2D eigenvalue weighted by Crippen LogP contribution is 2.76. The maximum atomic E-state index is 10.9. The summed E-state index contributed by atoms with van der Waals surface area (Å²) >= 11 is 0. The zero-order chi connectivity index (χ0) is 21.7. The third-order valence-corrected chi connectivity index (χ3v) is 12.9. The maximum Gasteiger partial charge on any atom is 0.0594 e. The molecule has 1 nitrogen and oxygen atoms in total. The Hall–Kier alpha value is -0.300. The molecule has 0 aromatic heterocycles. The average Bonchev–Trinajstić information content (AvgIpc) is 3.10. The SMILES string of the molecule is C=C(C)C1CCC2CC[C@]3(C)C(CCC4C5(C)CC[C@H](O)C(C)(C)C5CCC43C)C21. The van der Waals surface area contributed by atoms with E-state index in [1.54, 1.807) is 0 Å². The standard InChI is InChI=1S/C29H48O/c1-18(2)20-9-8-19-12-16-28(6)21(25(19)20)10-11-23-27(5)15-14-24(30)26(3,4)22(27)13-17-29(23,28)7/h19-25,30H,1,8-17H2,2-7H3/t19?,20?,21?,22?,23?,24-,25?,27?,28+,29?/m0/s1. The average molecular weight is 413 g/mol. The van der Waals surface area contributed by atoms with Crippen molar-refractivity contribution < 1.29 is 5.11 Å². The predicted molar refractivity (Wildman–Crippen MR) is 126 cm³/mol. The topological polar surface area (TPSA) is 20.2 Å². The molecule has 5 rings (SSSR count). The van der Waals surface area contributed by atoms with E-state index in [0.717, 1.165) is 36.0 Å². The molecule has 170 valence electrons. The summed E-state index contributed by atoms with van der Waals surface area (Å²) in [5, 5.41) is 10.9. The zero-order valence-electron chi connectivity index (χ0n) is 20.8. The molecule has 0 bridgehead atoms. The van der Waals surface area contributed by atoms with Gasteiger partial charge in [-0.25, -0.2) is 0 Å². The first-order valence-electron chi connectivity index (χ1n) is 13.3. The zero-order valence-corrected chi connectivity index (χ0v) is 20.8. The van der Waals surface area contributed by atoms with E-state index < -0.39 is 0 Å². The van der Waals surface area contributed by atoms with Crippen molar-refractivity contribution in [3.63, 3.8) is 0 Å². The van der Waals surface area contributed by atoms with Crippen molar-refractivity contribution in [3.8, 4) is 0 Å². The number of hydrogen-bond acceptors (Lipinski definition) is 1. The van der Waals surface area contributed by atoms with Gasteiger partial charge in [0.15, 0.2) is 0 Å². The first kappa shape index (κ1) is 21.5. The first-order valence-corrected chi connectivity index (χ1v) is 13.3. The van der Waals surface area contributed by atoms with E-state index in [2.05, 4.69) is 48.1 Å². The van der Waals surface area contributed by atoms with Crippen molar-refractivity contribution in [1.29, 1.82) is 0 Å². The molecule has 30 heavy (non-hydrogen) atoms. The van der Waals surface area contributed by atoms with Gasteiger partial charge in [0, 0.05) is 0 Å². The van der Waals surface area contributed by atoms with Crippen LogP contribution in [0.5, 0.6) is 0 Å². The Labute approximate surface area is 186 Å². The lowest BCUT2D eigenvalue weighted by molar-refractivity contribution is -0.240. The van der Waals surface area contributed by atoms with Crippen LogP contribution in [0, 0.1) is 57.2 Å². The molecule has 5 fully saturated rings. The van der Waals surface area contributed by atoms with Crippen molar-refractivity contribution >= 4 is 0 Å². The highest BCUT2D eigenvalue weighted by Gasteiger charge is 2.68. The second kappa shape index (κ2) is 6.61. The van der Waals surface area contributed by atoms with Crippen LogP contribution in [0.3, 0.4) is 0 Å². The highest BCUT2D eigenvalue weighted by atomic mass is 16.3. The van der Waals surface area contributed by atoms with Crippen LogP contribution in [-0.2, 0) is 0 Å². The Morgan fingerprint density at radius 1 is 0.767 bits per heavy atom. The van der Waals surface area contributed by atoms with Gasteiger partial charge in [0.1, 0.15) is 0 Å². The lowest BCUT2D eigenvalue weighted by atomic mass is 9.33. The van der Waals surface area contributed by atoms with E-state index in [1.165, 1.54) is 63.4 Å². The van der Waals surface area contributed by atoms with Crippen LogP contribution in [0.1, 0.15) is 106 Å². The van der Waals surface area contributed by atoms with Crippen LogP contribution >= 0.6 is 0 Å². The summed E-state index contributed by atoms with van der Waals surface area (Å²) in [6.07, 6.45) is 13.5. The number of fused-ring (bicyclic) bond motifs is 7. The van der Waals surface area contributed by atoms with Gasteiger partial charge >= 0.3 is 0 Å². The molecular formula is C29H48O. The van der Waals surface area contributed by atoms with Crippen LogP contribution in [0.2, 0.25) is 0 Å². The molecule has 0 radical (unpaired) electrons. The fourth-order valence-electron chi connectivity index (χ4n) is 11.2. The molecule has 1 heteroatoms. The monoisotopic (exact) mass is 412 g/mol. The number of aliphatic hydroxyl groups excluding tert-OH is 1. The molecule has 0 saturated heterocycles. The summed E-state index contributed by atoms with van der Waals surface area (Å²) < 4.78 is 0. The molecule has 8 unspecified atom stereocenters. The summed E-state index contributed by atoms with van der Waals surface area (Å²) in [5.74, 6) is 5.09. The normalized spacial score (nSPS) is 57.0. The van der Waals surface area contributed by atoms with Gasteiger partial charge in [-0.15, -0.1) is 0 Å². The van der Waals surface area contributed by atoms with Gasteiger partial charge in [0.25, 0.3) is 0 Å². The van der Waals surface area contributed by atoms with Gasteiger partial charge in [-0.1, -0.05) is 46.8 Å². The number of aliphatic hydroxyl groups is 1. The Morgan fingerprint density at radius 3 is 2.17 bits per heavy atom. The maximum absolute atomic E-state index is 10.9. The van der Waals surface area contributed by atoms with Gasteiger partial charge in [-0.3, -0.25) is 0 Å². The van der Waals surface area contributed by atoms with Gasteiger partial charge in [0.05, 0.1) is 6.10 Å². The number of hydrogen-bond donors (Lipinski definition) is 1. The fourth-order valence-corrected chi connectivity index (χ4v) is 11.2. The Morgan fingerprint density at radius 2 is 1.47 bits per heavy atom. The Balaban J connectivity index is 1.53. The van der Waals surface area contributed by atoms with Crippen LogP contribution in [0.25, 0.3) is 0 Å². The molecule has 5 saturated carbocycles. The van der Waals surface area contributed by atoms with Crippen LogP contribution in [0.4, 0.5) is 0 Å². The summed E-state index contributed by atoms with van der Waals surface area (Å²) in [7, 11) is 0. The Kier molecular flexibility index (Phi) is 4.75. The smallest absolute Gasteiger partial charge is 0.0594 e. The predicted octanol–water partition coefficient (Wildman–Crippen LogP) is 7.63. The lowest BCUT2D eigenvalue weighted by Gasteiger charge is -2.72.